The Hall–Kier alpha value is -0.120. The summed E-state index contributed by atoms with van der Waals surface area (Å²) < 4.78 is 6.34. The van der Waals surface area contributed by atoms with Crippen LogP contribution in [0, 0.1) is 0 Å². The average molecular weight is 174 g/mol. The van der Waals surface area contributed by atoms with Crippen molar-refractivity contribution in [3.63, 3.8) is 0 Å². The molecule has 0 spiro atoms. The first-order chi connectivity index (χ1) is 5.79. The van der Waals surface area contributed by atoms with Crippen LogP contribution < -0.4 is 0 Å². The van der Waals surface area contributed by atoms with Crippen molar-refractivity contribution in [2.24, 2.45) is 0 Å². The maximum absolute atomic E-state index is 5.65. The molecule has 0 aromatic carbocycles. The summed E-state index contributed by atoms with van der Waals surface area (Å²) in [7, 11) is 1.78. The molecule has 1 fully saturated rings. The van der Waals surface area contributed by atoms with Crippen molar-refractivity contribution in [1.82, 2.24) is 0 Å². The standard InChI is InChI=1S/C9H20NO2/c1-4-10(11-3)8-6-7-9(10)12-5-2/h9H,4-8H2,1-3H3/q+1. The van der Waals surface area contributed by atoms with Gasteiger partial charge in [0.2, 0.25) is 6.23 Å². The van der Waals surface area contributed by atoms with E-state index in [1.807, 2.05) is 6.92 Å². The van der Waals surface area contributed by atoms with Gasteiger partial charge in [0.05, 0.1) is 13.7 Å². The maximum atomic E-state index is 5.65. The SMILES string of the molecule is CCOC1CCC[N+]1(CC)OC. The fourth-order valence-corrected chi connectivity index (χ4v) is 2.02. The van der Waals surface area contributed by atoms with Gasteiger partial charge >= 0.3 is 0 Å². The van der Waals surface area contributed by atoms with Crippen molar-refractivity contribution >= 4 is 0 Å². The second kappa shape index (κ2) is 4.21. The number of hydrogen-bond donors (Lipinski definition) is 0. The molecule has 3 nitrogen and oxygen atoms in total. The molecule has 0 N–H and O–H groups in total. The predicted molar refractivity (Wildman–Crippen MR) is 47.3 cm³/mol. The van der Waals surface area contributed by atoms with Crippen molar-refractivity contribution in [3.8, 4) is 0 Å². The predicted octanol–water partition coefficient (Wildman–Crippen LogP) is 1.54. The second-order valence-corrected chi connectivity index (χ2v) is 3.23. The summed E-state index contributed by atoms with van der Waals surface area (Å²) in [6, 6.07) is 0. The van der Waals surface area contributed by atoms with E-state index in [0.717, 1.165) is 26.1 Å². The van der Waals surface area contributed by atoms with Crippen LogP contribution in [0.25, 0.3) is 0 Å². The number of quaternary nitrogens is 1. The molecule has 72 valence electrons. The largest absolute Gasteiger partial charge is 0.327 e. The minimum atomic E-state index is 0.269. The van der Waals surface area contributed by atoms with Gasteiger partial charge in [-0.1, -0.05) is 0 Å². The average Bonchev–Trinajstić information content (AvgIpc) is 2.50. The zero-order chi connectivity index (χ0) is 9.03. The van der Waals surface area contributed by atoms with Crippen LogP contribution in [-0.4, -0.2) is 37.7 Å². The van der Waals surface area contributed by atoms with E-state index in [1.54, 1.807) is 7.11 Å². The van der Waals surface area contributed by atoms with Crippen LogP contribution in [0.1, 0.15) is 26.7 Å². The van der Waals surface area contributed by atoms with Gasteiger partial charge in [-0.3, -0.25) is 0 Å². The Morgan fingerprint density at radius 2 is 2.17 bits per heavy atom. The highest BCUT2D eigenvalue weighted by Gasteiger charge is 2.42. The topological polar surface area (TPSA) is 18.5 Å². The molecule has 0 bridgehead atoms. The Kier molecular flexibility index (Phi) is 3.50. The van der Waals surface area contributed by atoms with Crippen molar-refractivity contribution < 1.29 is 14.2 Å². The van der Waals surface area contributed by atoms with Crippen LogP contribution in [0.4, 0.5) is 0 Å². The normalized spacial score (nSPS) is 35.8. The van der Waals surface area contributed by atoms with Gasteiger partial charge in [0, 0.05) is 12.8 Å². The monoisotopic (exact) mass is 174 g/mol. The summed E-state index contributed by atoms with van der Waals surface area (Å²) in [6.45, 7) is 7.08. The molecule has 12 heavy (non-hydrogen) atoms. The maximum Gasteiger partial charge on any atom is 0.223 e. The molecule has 2 atom stereocenters. The Morgan fingerprint density at radius 3 is 2.67 bits per heavy atom. The molecule has 0 amide bonds. The molecule has 2 unspecified atom stereocenters. The van der Waals surface area contributed by atoms with Gasteiger partial charge in [0.1, 0.15) is 13.1 Å². The molecule has 1 aliphatic rings. The molecule has 3 heteroatoms. The summed E-state index contributed by atoms with van der Waals surface area (Å²) >= 11 is 0. The van der Waals surface area contributed by atoms with Gasteiger partial charge in [0.25, 0.3) is 0 Å². The van der Waals surface area contributed by atoms with Crippen molar-refractivity contribution in [1.29, 1.82) is 0 Å². The number of nitrogens with zero attached hydrogens (tertiary/aromatic N) is 1. The number of ether oxygens (including phenoxy) is 1. The van der Waals surface area contributed by atoms with E-state index in [1.165, 1.54) is 6.42 Å². The number of likely N-dealkylation sites (tertiary alicyclic amines) is 1. The summed E-state index contributed by atoms with van der Waals surface area (Å²) in [5, 5.41) is 0. The quantitative estimate of drug-likeness (QED) is 0.602. The zero-order valence-corrected chi connectivity index (χ0v) is 8.38. The molecule has 0 aromatic rings. The molecule has 0 aromatic heterocycles. The van der Waals surface area contributed by atoms with Gasteiger partial charge in [0.15, 0.2) is 0 Å². The Labute approximate surface area is 74.8 Å². The molecule has 1 rings (SSSR count). The van der Waals surface area contributed by atoms with E-state index in [0.29, 0.717) is 4.65 Å². The van der Waals surface area contributed by atoms with E-state index in [2.05, 4.69) is 6.92 Å². The summed E-state index contributed by atoms with van der Waals surface area (Å²) in [5.74, 6) is 0. The van der Waals surface area contributed by atoms with Crippen LogP contribution >= 0.6 is 0 Å². The molecule has 1 heterocycles. The third-order valence-corrected chi connectivity index (χ3v) is 2.77. The number of rotatable bonds is 4. The first kappa shape index (κ1) is 9.96. The van der Waals surface area contributed by atoms with Gasteiger partial charge in [-0.05, 0) is 13.8 Å². The third-order valence-electron chi connectivity index (χ3n) is 2.77. The molecule has 0 aliphatic carbocycles. The zero-order valence-electron chi connectivity index (χ0n) is 8.38. The van der Waals surface area contributed by atoms with E-state index < -0.39 is 0 Å². The lowest BCUT2D eigenvalue weighted by atomic mass is 10.4. The van der Waals surface area contributed by atoms with Gasteiger partial charge in [-0.2, -0.15) is 4.65 Å². The molecular weight excluding hydrogens is 154 g/mol. The van der Waals surface area contributed by atoms with E-state index in [9.17, 15) is 0 Å². The smallest absolute Gasteiger partial charge is 0.223 e. The number of hydrogen-bond acceptors (Lipinski definition) is 2. The van der Waals surface area contributed by atoms with Crippen LogP contribution in [0.5, 0.6) is 0 Å². The lowest BCUT2D eigenvalue weighted by molar-refractivity contribution is -1.12. The first-order valence-corrected chi connectivity index (χ1v) is 4.83. The van der Waals surface area contributed by atoms with E-state index in [-0.39, 0.29) is 6.23 Å². The highest BCUT2D eigenvalue weighted by Crippen LogP contribution is 2.27. The van der Waals surface area contributed by atoms with Crippen LogP contribution in [0.15, 0.2) is 0 Å². The lowest BCUT2D eigenvalue weighted by Gasteiger charge is -2.33. The summed E-state index contributed by atoms with van der Waals surface area (Å²) in [6.07, 6.45) is 2.62. The minimum Gasteiger partial charge on any atom is -0.327 e. The highest BCUT2D eigenvalue weighted by molar-refractivity contribution is 4.55. The van der Waals surface area contributed by atoms with Crippen LogP contribution in [0.2, 0.25) is 0 Å². The lowest BCUT2D eigenvalue weighted by Crippen LogP contribution is -2.51. The van der Waals surface area contributed by atoms with Crippen molar-refractivity contribution in [3.05, 3.63) is 0 Å². The molecule has 0 saturated carbocycles. The van der Waals surface area contributed by atoms with Crippen molar-refractivity contribution in [2.45, 2.75) is 32.9 Å². The highest BCUT2D eigenvalue weighted by atomic mass is 16.7. The summed E-state index contributed by atoms with van der Waals surface area (Å²) in [4.78, 5) is 5.53. The van der Waals surface area contributed by atoms with E-state index in [4.69, 9.17) is 9.57 Å². The molecular formula is C9H20NO2+. The Bertz CT molecular complexity index is 134. The molecule has 1 aliphatic heterocycles. The summed E-state index contributed by atoms with van der Waals surface area (Å²) in [5.41, 5.74) is 0. The fraction of sp³-hybridized carbons (Fsp3) is 1.00. The second-order valence-electron chi connectivity index (χ2n) is 3.23. The van der Waals surface area contributed by atoms with Crippen molar-refractivity contribution in [2.75, 3.05) is 26.8 Å². The first-order valence-electron chi connectivity index (χ1n) is 4.83. The minimum absolute atomic E-state index is 0.269. The van der Waals surface area contributed by atoms with Gasteiger partial charge in [-0.15, -0.1) is 0 Å². The molecule has 0 radical (unpaired) electrons. The van der Waals surface area contributed by atoms with Crippen LogP contribution in [0.3, 0.4) is 0 Å². The molecule has 1 saturated heterocycles. The number of hydroxylamine groups is 3. The van der Waals surface area contributed by atoms with Gasteiger partial charge in [-0.25, -0.2) is 4.84 Å². The Morgan fingerprint density at radius 1 is 1.42 bits per heavy atom. The Balaban J connectivity index is 2.58. The fourth-order valence-electron chi connectivity index (χ4n) is 2.02. The van der Waals surface area contributed by atoms with Gasteiger partial charge < -0.3 is 4.74 Å². The van der Waals surface area contributed by atoms with Crippen LogP contribution in [-0.2, 0) is 9.57 Å². The third kappa shape index (κ3) is 1.63. The van der Waals surface area contributed by atoms with E-state index >= 15 is 0 Å².